The highest BCUT2D eigenvalue weighted by Crippen LogP contribution is 2.33. The summed E-state index contributed by atoms with van der Waals surface area (Å²) in [7, 11) is -3.63. The van der Waals surface area contributed by atoms with E-state index in [1.165, 1.54) is 34.9 Å². The summed E-state index contributed by atoms with van der Waals surface area (Å²) in [6.45, 7) is 4.23. The first-order valence-electron chi connectivity index (χ1n) is 12.0. The van der Waals surface area contributed by atoms with Gasteiger partial charge in [-0.25, -0.2) is 18.4 Å². The van der Waals surface area contributed by atoms with Gasteiger partial charge in [0, 0.05) is 24.5 Å². The number of benzene rings is 3. The molecule has 4 rings (SSSR count). The average Bonchev–Trinajstić information content (AvgIpc) is 2.94. The smallest absolute Gasteiger partial charge is 0.334 e. The molecule has 0 radical (unpaired) electrons. The van der Waals surface area contributed by atoms with Crippen molar-refractivity contribution in [1.29, 1.82) is 0 Å². The van der Waals surface area contributed by atoms with Crippen molar-refractivity contribution in [1.82, 2.24) is 14.3 Å². The zero-order valence-electron chi connectivity index (χ0n) is 21.2. The van der Waals surface area contributed by atoms with Gasteiger partial charge in [-0.2, -0.15) is 14.5 Å². The van der Waals surface area contributed by atoms with Crippen LogP contribution in [0.15, 0.2) is 100 Å². The molecule has 39 heavy (non-hydrogen) atoms. The van der Waals surface area contributed by atoms with Crippen LogP contribution in [0, 0.1) is 10.1 Å². The first kappa shape index (κ1) is 27.3. The molecular formula is C26H26N8O4S. The second-order valence-electron chi connectivity index (χ2n) is 8.12. The number of azo groups is 1. The van der Waals surface area contributed by atoms with Crippen LogP contribution < -0.4 is 10.6 Å². The zero-order valence-corrected chi connectivity index (χ0v) is 22.0. The van der Waals surface area contributed by atoms with Crippen molar-refractivity contribution in [2.24, 2.45) is 10.2 Å². The summed E-state index contributed by atoms with van der Waals surface area (Å²) < 4.78 is 26.8. The van der Waals surface area contributed by atoms with Gasteiger partial charge in [-0.15, -0.1) is 0 Å². The largest absolute Gasteiger partial charge is 0.353 e. The molecule has 3 aromatic carbocycles. The number of aromatic nitrogens is 2. The third-order valence-electron chi connectivity index (χ3n) is 5.63. The molecule has 4 aromatic rings. The number of nitrogens with zero attached hydrogens (tertiary/aromatic N) is 6. The summed E-state index contributed by atoms with van der Waals surface area (Å²) in [4.78, 5) is 19.6. The lowest BCUT2D eigenvalue weighted by Crippen LogP contribution is -2.30. The molecule has 0 saturated heterocycles. The maximum atomic E-state index is 12.7. The van der Waals surface area contributed by atoms with Gasteiger partial charge in [0.2, 0.25) is 21.7 Å². The first-order chi connectivity index (χ1) is 18.8. The summed E-state index contributed by atoms with van der Waals surface area (Å²) in [5.74, 6) is -0.0676. The molecule has 1 heterocycles. The normalized spacial score (nSPS) is 11.6. The predicted octanol–water partition coefficient (Wildman–Crippen LogP) is 6.32. The molecule has 2 N–H and O–H groups in total. The van der Waals surface area contributed by atoms with Gasteiger partial charge < -0.3 is 10.6 Å². The third-order valence-corrected chi connectivity index (χ3v) is 7.70. The van der Waals surface area contributed by atoms with Crippen molar-refractivity contribution in [2.75, 3.05) is 23.7 Å². The molecule has 0 amide bonds. The highest BCUT2D eigenvalue weighted by atomic mass is 32.2. The quantitative estimate of drug-likeness (QED) is 0.126. The number of rotatable bonds is 11. The van der Waals surface area contributed by atoms with Gasteiger partial charge >= 0.3 is 5.69 Å². The van der Waals surface area contributed by atoms with Crippen LogP contribution in [-0.4, -0.2) is 40.7 Å². The molecule has 0 unspecified atom stereocenters. The maximum absolute atomic E-state index is 12.7. The average molecular weight is 547 g/mol. The lowest BCUT2D eigenvalue weighted by Gasteiger charge is -2.18. The Morgan fingerprint density at radius 3 is 1.77 bits per heavy atom. The van der Waals surface area contributed by atoms with Crippen LogP contribution in [0.1, 0.15) is 13.8 Å². The number of nitro groups is 1. The van der Waals surface area contributed by atoms with Crippen molar-refractivity contribution in [3.63, 3.8) is 0 Å². The van der Waals surface area contributed by atoms with E-state index >= 15 is 0 Å². The van der Waals surface area contributed by atoms with Gasteiger partial charge in [0.05, 0.1) is 21.2 Å². The molecule has 200 valence electrons. The number of sulfonamides is 1. The molecule has 0 aliphatic carbocycles. The van der Waals surface area contributed by atoms with Gasteiger partial charge in [0.1, 0.15) is 6.33 Å². The lowest BCUT2D eigenvalue weighted by atomic mass is 10.2. The van der Waals surface area contributed by atoms with Crippen molar-refractivity contribution in [2.45, 2.75) is 18.7 Å². The third kappa shape index (κ3) is 6.58. The summed E-state index contributed by atoms with van der Waals surface area (Å²) in [6.07, 6.45) is 1.19. The Bertz CT molecular complexity index is 1560. The van der Waals surface area contributed by atoms with E-state index in [4.69, 9.17) is 0 Å². The van der Waals surface area contributed by atoms with Gasteiger partial charge in [-0.3, -0.25) is 10.1 Å². The Kier molecular flexibility index (Phi) is 8.53. The lowest BCUT2D eigenvalue weighted by molar-refractivity contribution is -0.383. The number of nitrogens with one attached hydrogen (secondary N) is 2. The number of hydrogen-bond acceptors (Lipinski definition) is 10. The summed E-state index contributed by atoms with van der Waals surface area (Å²) in [6, 6.07) is 22.1. The monoisotopic (exact) mass is 546 g/mol. The van der Waals surface area contributed by atoms with E-state index in [0.717, 1.165) is 5.69 Å². The van der Waals surface area contributed by atoms with Crippen LogP contribution in [0.3, 0.4) is 0 Å². The number of anilines is 4. The Labute approximate surface area is 225 Å². The molecule has 0 atom stereocenters. The second-order valence-corrected chi connectivity index (χ2v) is 10.1. The molecular weight excluding hydrogens is 520 g/mol. The highest BCUT2D eigenvalue weighted by molar-refractivity contribution is 7.89. The zero-order chi connectivity index (χ0) is 27.8. The molecule has 1 aromatic heterocycles. The second kappa shape index (κ2) is 12.2. The van der Waals surface area contributed by atoms with Crippen LogP contribution >= 0.6 is 0 Å². The van der Waals surface area contributed by atoms with E-state index < -0.39 is 14.9 Å². The van der Waals surface area contributed by atoms with Gasteiger partial charge in [-0.1, -0.05) is 32.0 Å². The fourth-order valence-corrected chi connectivity index (χ4v) is 5.11. The van der Waals surface area contributed by atoms with E-state index in [-0.39, 0.29) is 22.2 Å². The van der Waals surface area contributed by atoms with Crippen molar-refractivity contribution >= 4 is 50.1 Å². The highest BCUT2D eigenvalue weighted by Gasteiger charge is 2.24. The van der Waals surface area contributed by atoms with Crippen LogP contribution in [0.5, 0.6) is 0 Å². The van der Waals surface area contributed by atoms with Crippen LogP contribution in [0.2, 0.25) is 0 Å². The Morgan fingerprint density at radius 2 is 1.28 bits per heavy atom. The summed E-state index contributed by atoms with van der Waals surface area (Å²) in [5.41, 5.74) is 1.93. The van der Waals surface area contributed by atoms with Crippen molar-refractivity contribution in [3.05, 3.63) is 95.3 Å². The topological polar surface area (TPSA) is 155 Å². The predicted molar refractivity (Wildman–Crippen MR) is 149 cm³/mol. The molecule has 0 saturated carbocycles. The molecule has 0 bridgehead atoms. The Morgan fingerprint density at radius 1 is 0.795 bits per heavy atom. The van der Waals surface area contributed by atoms with E-state index in [9.17, 15) is 18.5 Å². The first-order valence-corrected chi connectivity index (χ1v) is 13.5. The molecule has 0 fully saturated rings. The van der Waals surface area contributed by atoms with E-state index in [1.54, 1.807) is 38.1 Å². The Hall–Kier alpha value is -4.75. The maximum Gasteiger partial charge on any atom is 0.353 e. The molecule has 12 nitrogen and oxygen atoms in total. The van der Waals surface area contributed by atoms with Crippen LogP contribution in [-0.2, 0) is 10.0 Å². The van der Waals surface area contributed by atoms with Crippen molar-refractivity contribution < 1.29 is 13.3 Å². The Balaban J connectivity index is 1.52. The fourth-order valence-electron chi connectivity index (χ4n) is 3.65. The molecule has 13 heteroatoms. The van der Waals surface area contributed by atoms with E-state index in [2.05, 4.69) is 30.8 Å². The van der Waals surface area contributed by atoms with Crippen LogP contribution in [0.25, 0.3) is 0 Å². The number of hydrogen-bond donors (Lipinski definition) is 2. The SMILES string of the molecule is CCN(CC)S(=O)(=O)c1ccc(Nc2ncnc(Nc3ccc(N=Nc4ccccc4)cc3)c2[N+](=O)[O-])cc1. The minimum Gasteiger partial charge on any atom is -0.334 e. The van der Waals surface area contributed by atoms with Gasteiger partial charge in [0.25, 0.3) is 0 Å². The molecule has 0 aliphatic rings. The standard InChI is InChI=1S/C26H26N8O4S/c1-3-33(4-2)39(37,38)23-16-14-20(15-17-23)30-26-24(34(35)36)25(27-18-28-26)29-19-10-12-22(13-11-19)32-31-21-8-6-5-7-9-21/h5-18H,3-4H2,1-2H3,(H2,27,28,29,30). The minimum atomic E-state index is -3.63. The van der Waals surface area contributed by atoms with Crippen molar-refractivity contribution in [3.8, 4) is 0 Å². The molecule has 0 aliphatic heterocycles. The van der Waals surface area contributed by atoms with E-state index in [0.29, 0.717) is 30.2 Å². The van der Waals surface area contributed by atoms with Gasteiger partial charge in [-0.05, 0) is 60.7 Å². The fraction of sp³-hybridized carbons (Fsp3) is 0.154. The minimum absolute atomic E-state index is 0.0168. The van der Waals surface area contributed by atoms with Gasteiger partial charge in [0.15, 0.2) is 0 Å². The molecule has 0 spiro atoms. The summed E-state index contributed by atoms with van der Waals surface area (Å²) in [5, 5.41) is 26.1. The van der Waals surface area contributed by atoms with Crippen LogP contribution in [0.4, 0.5) is 40.1 Å². The van der Waals surface area contributed by atoms with E-state index in [1.807, 2.05) is 30.3 Å². The summed E-state index contributed by atoms with van der Waals surface area (Å²) >= 11 is 0.